The van der Waals surface area contributed by atoms with Crippen LogP contribution in [0, 0.1) is 13.8 Å². The Morgan fingerprint density at radius 1 is 0.875 bits per heavy atom. The number of nitrogens with zero attached hydrogens (tertiary/aromatic N) is 2. The SMILES string of the molecule is Cc1nc(O)nc(C)c1-c1ccc(O)cc1. The van der Waals surface area contributed by atoms with Gasteiger partial charge in [0, 0.05) is 5.56 Å². The predicted molar refractivity (Wildman–Crippen MR) is 60.3 cm³/mol. The van der Waals surface area contributed by atoms with Crippen LogP contribution in [-0.4, -0.2) is 20.2 Å². The smallest absolute Gasteiger partial charge is 0.314 e. The topological polar surface area (TPSA) is 66.2 Å². The van der Waals surface area contributed by atoms with Gasteiger partial charge in [-0.05, 0) is 31.5 Å². The standard InChI is InChI=1S/C12H12N2O2/c1-7-11(8(2)14-12(16)13-7)9-3-5-10(15)6-4-9/h3-6,15H,1-2H3,(H,13,14,16). The van der Waals surface area contributed by atoms with Gasteiger partial charge in [0.05, 0.1) is 11.4 Å². The molecule has 1 heterocycles. The Balaban J connectivity index is 2.60. The summed E-state index contributed by atoms with van der Waals surface area (Å²) in [6.07, 6.45) is 0. The van der Waals surface area contributed by atoms with E-state index in [1.165, 1.54) is 0 Å². The van der Waals surface area contributed by atoms with Crippen LogP contribution in [0.4, 0.5) is 0 Å². The van der Waals surface area contributed by atoms with E-state index < -0.39 is 0 Å². The molecule has 1 aromatic heterocycles. The number of hydrogen-bond donors (Lipinski definition) is 2. The maximum absolute atomic E-state index is 9.25. The Labute approximate surface area is 93.2 Å². The summed E-state index contributed by atoms with van der Waals surface area (Å²) in [5.41, 5.74) is 3.25. The Morgan fingerprint density at radius 3 is 1.88 bits per heavy atom. The second-order valence-electron chi connectivity index (χ2n) is 3.62. The van der Waals surface area contributed by atoms with Gasteiger partial charge in [-0.3, -0.25) is 0 Å². The van der Waals surface area contributed by atoms with E-state index in [-0.39, 0.29) is 11.8 Å². The first-order chi connectivity index (χ1) is 7.58. The van der Waals surface area contributed by atoms with Gasteiger partial charge in [-0.25, -0.2) is 9.97 Å². The number of hydrogen-bond acceptors (Lipinski definition) is 4. The van der Waals surface area contributed by atoms with Crippen molar-refractivity contribution in [3.05, 3.63) is 35.7 Å². The molecule has 0 aliphatic rings. The van der Waals surface area contributed by atoms with E-state index in [2.05, 4.69) is 9.97 Å². The summed E-state index contributed by atoms with van der Waals surface area (Å²) in [4.78, 5) is 7.83. The minimum Gasteiger partial charge on any atom is -0.508 e. The number of rotatable bonds is 1. The van der Waals surface area contributed by atoms with Crippen molar-refractivity contribution in [2.45, 2.75) is 13.8 Å². The molecule has 16 heavy (non-hydrogen) atoms. The molecule has 0 atom stereocenters. The molecule has 0 bridgehead atoms. The van der Waals surface area contributed by atoms with Crippen molar-refractivity contribution in [3.63, 3.8) is 0 Å². The molecule has 0 unspecified atom stereocenters. The molecule has 2 aromatic rings. The number of benzene rings is 1. The summed E-state index contributed by atoms with van der Waals surface area (Å²) >= 11 is 0. The van der Waals surface area contributed by atoms with E-state index in [9.17, 15) is 10.2 Å². The van der Waals surface area contributed by atoms with E-state index in [4.69, 9.17) is 0 Å². The Hall–Kier alpha value is -2.10. The zero-order valence-corrected chi connectivity index (χ0v) is 9.10. The molecule has 0 fully saturated rings. The molecule has 0 saturated heterocycles. The fourth-order valence-electron chi connectivity index (χ4n) is 1.74. The van der Waals surface area contributed by atoms with Gasteiger partial charge >= 0.3 is 6.01 Å². The number of aryl methyl sites for hydroxylation is 2. The molecule has 82 valence electrons. The van der Waals surface area contributed by atoms with E-state index in [1.54, 1.807) is 24.3 Å². The van der Waals surface area contributed by atoms with E-state index in [0.717, 1.165) is 22.5 Å². The van der Waals surface area contributed by atoms with Crippen LogP contribution < -0.4 is 0 Å². The minimum absolute atomic E-state index is 0.211. The van der Waals surface area contributed by atoms with Crippen LogP contribution >= 0.6 is 0 Å². The number of phenols is 1. The van der Waals surface area contributed by atoms with Crippen molar-refractivity contribution in [1.29, 1.82) is 0 Å². The third-order valence-corrected chi connectivity index (χ3v) is 2.41. The number of aromatic hydroxyl groups is 2. The van der Waals surface area contributed by atoms with E-state index in [0.29, 0.717) is 0 Å². The quantitative estimate of drug-likeness (QED) is 0.766. The summed E-state index contributed by atoms with van der Waals surface area (Å²) in [5.74, 6) is 0.221. The van der Waals surface area contributed by atoms with Crippen LogP contribution in [0.5, 0.6) is 11.8 Å². The maximum Gasteiger partial charge on any atom is 0.314 e. The Morgan fingerprint density at radius 2 is 1.38 bits per heavy atom. The molecule has 2 rings (SSSR count). The van der Waals surface area contributed by atoms with E-state index >= 15 is 0 Å². The zero-order valence-electron chi connectivity index (χ0n) is 9.10. The van der Waals surface area contributed by atoms with Crippen molar-refractivity contribution >= 4 is 0 Å². The average molecular weight is 216 g/mol. The monoisotopic (exact) mass is 216 g/mol. The average Bonchev–Trinajstić information content (AvgIpc) is 2.19. The number of phenolic OH excluding ortho intramolecular Hbond substituents is 1. The van der Waals surface area contributed by atoms with Crippen LogP contribution in [0.15, 0.2) is 24.3 Å². The van der Waals surface area contributed by atoms with Gasteiger partial charge in [0.15, 0.2) is 0 Å². The van der Waals surface area contributed by atoms with Gasteiger partial charge in [0.1, 0.15) is 5.75 Å². The molecular weight excluding hydrogens is 204 g/mol. The van der Waals surface area contributed by atoms with Crippen molar-refractivity contribution in [3.8, 4) is 22.9 Å². The lowest BCUT2D eigenvalue weighted by Crippen LogP contribution is -1.95. The third-order valence-electron chi connectivity index (χ3n) is 2.41. The van der Waals surface area contributed by atoms with Gasteiger partial charge in [-0.1, -0.05) is 12.1 Å². The molecule has 2 N–H and O–H groups in total. The molecular formula is C12H12N2O2. The molecule has 0 spiro atoms. The summed E-state index contributed by atoms with van der Waals surface area (Å²) in [6, 6.07) is 6.61. The maximum atomic E-state index is 9.25. The Bertz CT molecular complexity index is 498. The second-order valence-corrected chi connectivity index (χ2v) is 3.62. The van der Waals surface area contributed by atoms with Crippen molar-refractivity contribution in [2.24, 2.45) is 0 Å². The van der Waals surface area contributed by atoms with Crippen molar-refractivity contribution in [1.82, 2.24) is 9.97 Å². The van der Waals surface area contributed by atoms with Gasteiger partial charge < -0.3 is 10.2 Å². The van der Waals surface area contributed by atoms with Crippen molar-refractivity contribution < 1.29 is 10.2 Å². The lowest BCUT2D eigenvalue weighted by molar-refractivity contribution is 0.427. The third kappa shape index (κ3) is 1.82. The molecule has 1 aromatic carbocycles. The van der Waals surface area contributed by atoms with Gasteiger partial charge in [0.25, 0.3) is 0 Å². The molecule has 0 aliphatic heterocycles. The molecule has 0 amide bonds. The highest BCUT2D eigenvalue weighted by atomic mass is 16.3. The van der Waals surface area contributed by atoms with Gasteiger partial charge in [-0.15, -0.1) is 0 Å². The summed E-state index contributed by atoms with van der Waals surface area (Å²) in [6.45, 7) is 3.63. The lowest BCUT2D eigenvalue weighted by Gasteiger charge is -2.08. The summed E-state index contributed by atoms with van der Waals surface area (Å²) in [7, 11) is 0. The fraction of sp³-hybridized carbons (Fsp3) is 0.167. The molecule has 0 radical (unpaired) electrons. The van der Waals surface area contributed by atoms with E-state index in [1.807, 2.05) is 13.8 Å². The zero-order chi connectivity index (χ0) is 11.7. The lowest BCUT2D eigenvalue weighted by atomic mass is 10.0. The first-order valence-electron chi connectivity index (χ1n) is 4.91. The number of aromatic nitrogens is 2. The van der Waals surface area contributed by atoms with Crippen LogP contribution in [-0.2, 0) is 0 Å². The molecule has 0 saturated carbocycles. The molecule has 0 aliphatic carbocycles. The summed E-state index contributed by atoms with van der Waals surface area (Å²) in [5, 5.41) is 18.5. The second kappa shape index (κ2) is 3.81. The predicted octanol–water partition coefficient (Wildman–Crippen LogP) is 2.17. The molecule has 4 nitrogen and oxygen atoms in total. The largest absolute Gasteiger partial charge is 0.508 e. The first kappa shape index (κ1) is 10.4. The highest BCUT2D eigenvalue weighted by molar-refractivity contribution is 5.68. The van der Waals surface area contributed by atoms with Gasteiger partial charge in [-0.2, -0.15) is 0 Å². The van der Waals surface area contributed by atoms with Crippen LogP contribution in [0.3, 0.4) is 0 Å². The van der Waals surface area contributed by atoms with Gasteiger partial charge in [0.2, 0.25) is 0 Å². The van der Waals surface area contributed by atoms with Crippen LogP contribution in [0.25, 0.3) is 11.1 Å². The first-order valence-corrected chi connectivity index (χ1v) is 4.91. The highest BCUT2D eigenvalue weighted by Gasteiger charge is 2.09. The fourth-order valence-corrected chi connectivity index (χ4v) is 1.74. The minimum atomic E-state index is -0.211. The molecule has 4 heteroatoms. The Kier molecular flexibility index (Phi) is 2.48. The normalized spacial score (nSPS) is 10.4. The van der Waals surface area contributed by atoms with Crippen LogP contribution in [0.2, 0.25) is 0 Å². The van der Waals surface area contributed by atoms with Crippen LogP contribution in [0.1, 0.15) is 11.4 Å². The summed E-state index contributed by atoms with van der Waals surface area (Å²) < 4.78 is 0. The van der Waals surface area contributed by atoms with Crippen molar-refractivity contribution in [2.75, 3.05) is 0 Å². The highest BCUT2D eigenvalue weighted by Crippen LogP contribution is 2.27.